The third kappa shape index (κ3) is 18.7. The number of thioether (sulfide) groups is 1. The van der Waals surface area contributed by atoms with Gasteiger partial charge in [-0.25, -0.2) is 0 Å². The van der Waals surface area contributed by atoms with Crippen LogP contribution in [0.25, 0.3) is 10.9 Å². The molecule has 0 spiro atoms. The van der Waals surface area contributed by atoms with Crippen molar-refractivity contribution in [2.75, 3.05) is 43.9 Å². The van der Waals surface area contributed by atoms with E-state index in [0.29, 0.717) is 33.5 Å². The highest BCUT2D eigenvalue weighted by Gasteiger charge is 2.45. The number of rotatable bonds is 18. The average molecular weight is 1310 g/mol. The molecular formula is C61H80N14O17S. The second kappa shape index (κ2) is 32.3. The molecule has 7 rings (SSSR count). The number of aromatic amines is 1. The van der Waals surface area contributed by atoms with Crippen LogP contribution in [0.5, 0.6) is 0 Å². The number of anilines is 1. The fraction of sp³-hybridized carbons (Fsp3) is 0.508. The minimum absolute atomic E-state index is 0.190. The van der Waals surface area contributed by atoms with Crippen LogP contribution in [0.4, 0.5) is 5.69 Å². The predicted molar refractivity (Wildman–Crippen MR) is 333 cm³/mol. The lowest BCUT2D eigenvalue weighted by atomic mass is 9.93. The zero-order chi connectivity index (χ0) is 68.0. The highest BCUT2D eigenvalue weighted by molar-refractivity contribution is 7.99. The van der Waals surface area contributed by atoms with Gasteiger partial charge in [-0.1, -0.05) is 71.4 Å². The number of fused-ring (bicyclic) bond motifs is 5. The molecule has 4 aliphatic rings. The molecule has 502 valence electrons. The number of benzene rings is 2. The number of carbonyl (C=O) groups is 14. The Morgan fingerprint density at radius 1 is 0.720 bits per heavy atom. The van der Waals surface area contributed by atoms with Crippen LogP contribution in [0.2, 0.25) is 0 Å². The molecule has 5 heterocycles. The Morgan fingerprint density at radius 2 is 1.39 bits per heavy atom. The maximum Gasteiger partial charge on any atom is 0.253 e. The van der Waals surface area contributed by atoms with Gasteiger partial charge in [0, 0.05) is 79.3 Å². The molecule has 2 aromatic carbocycles. The minimum atomic E-state index is -1.84. The van der Waals surface area contributed by atoms with E-state index in [1.54, 1.807) is 64.1 Å². The molecule has 14 amide bonds. The molecule has 3 aromatic rings. The Hall–Kier alpha value is -9.27. The average Bonchev–Trinajstić information content (AvgIpc) is 1.70. The van der Waals surface area contributed by atoms with E-state index in [9.17, 15) is 77.6 Å². The smallest absolute Gasteiger partial charge is 0.253 e. The van der Waals surface area contributed by atoms with Crippen molar-refractivity contribution < 1.29 is 82.4 Å². The first-order valence-electron chi connectivity index (χ1n) is 30.5. The van der Waals surface area contributed by atoms with Crippen molar-refractivity contribution in [1.29, 1.82) is 0 Å². The standard InChI is InChI=1S/C61H80N14O17S/c1-7-30(4)51-57(89)64-24-46(81)67-41-28-93-60-37(36-10-8-9-11-38(36)70-60)21-39(54(86)63-25-47(82)72-51)68-59(91)52(31(5)43(78)27-76)73-56(88)42-20-35(77)26-75(42)61(92)40(69-55(41)87)22-45(80)62-23-33-12-14-34(15-13-33)66-53(85)32(6)65-58(90)50(29(2)3)71-44(79)18-19-74-48(83)16-17-49(74)84/h8-17,29-32,35,39-43,50-52,70,76-78H,7,18-28H2,1-6H3,(H,62,80)(H,63,86)(H,64,89)(H,65,90)(H,66,85)(H,67,81)(H,68,91)(H,69,87)(H,71,79)(H,72,82)(H,73,88)/t30-,31-,32-,35+,39+,40-,41-,42-,43-,50-,51-,52-/m0/s1. The summed E-state index contributed by atoms with van der Waals surface area (Å²) in [4.78, 5) is 197. The van der Waals surface area contributed by atoms with Crippen molar-refractivity contribution in [3.05, 3.63) is 71.8 Å². The first-order valence-corrected chi connectivity index (χ1v) is 31.5. The Labute approximate surface area is 538 Å². The number of nitrogens with zero attached hydrogens (tertiary/aromatic N) is 2. The third-order valence-corrected chi connectivity index (χ3v) is 17.6. The maximum absolute atomic E-state index is 15.0. The number of amides is 14. The molecule has 0 unspecified atom stereocenters. The van der Waals surface area contributed by atoms with Gasteiger partial charge >= 0.3 is 0 Å². The zero-order valence-electron chi connectivity index (χ0n) is 52.1. The van der Waals surface area contributed by atoms with Crippen LogP contribution in [-0.2, 0) is 80.1 Å². The van der Waals surface area contributed by atoms with E-state index in [-0.39, 0.29) is 37.4 Å². The lowest BCUT2D eigenvalue weighted by Crippen LogP contribution is -2.62. The third-order valence-electron chi connectivity index (χ3n) is 16.5. The second-order valence-corrected chi connectivity index (χ2v) is 24.7. The van der Waals surface area contributed by atoms with Gasteiger partial charge in [0.1, 0.15) is 48.3 Å². The SMILES string of the molecule is CC[C@H](C)[C@@H]1NC(=O)CNC(=O)[C@H]2Cc3c([nH]c4ccccc34)SC[C@H](NC(=O)CNC1=O)C(=O)N[C@@H](CC(=O)NCc1ccc(NC(=O)[C@H](C)NC(=O)[C@@H](NC(=O)CCN3C(=O)C=CC3=O)C(C)C)cc1)C(=O)N1C[C@H](O)C[C@H]1C(=O)N[C@@H]([C@@H](C)[C@@H](O)CO)C(=O)N2. The highest BCUT2D eigenvalue weighted by atomic mass is 32.2. The molecule has 2 bridgehead atoms. The summed E-state index contributed by atoms with van der Waals surface area (Å²) in [5, 5.41) is 61.5. The number of hydrogen-bond donors (Lipinski definition) is 15. The first kappa shape index (κ1) is 71.2. The van der Waals surface area contributed by atoms with Crippen LogP contribution in [-0.4, -0.2) is 212 Å². The van der Waals surface area contributed by atoms with E-state index in [2.05, 4.69) is 63.5 Å². The van der Waals surface area contributed by atoms with Gasteiger partial charge in [-0.2, -0.15) is 0 Å². The number of carbonyl (C=O) groups excluding carboxylic acids is 14. The molecule has 1 aromatic heterocycles. The summed E-state index contributed by atoms with van der Waals surface area (Å²) in [6.07, 6.45) is -2.30. The van der Waals surface area contributed by atoms with Gasteiger partial charge in [-0.05, 0) is 48.1 Å². The number of aliphatic hydroxyl groups excluding tert-OH is 3. The number of para-hydroxylation sites is 1. The molecule has 4 aliphatic heterocycles. The number of imide groups is 1. The molecule has 0 aliphatic carbocycles. The van der Waals surface area contributed by atoms with Gasteiger partial charge in [0.05, 0.1) is 43.4 Å². The lowest BCUT2D eigenvalue weighted by molar-refractivity contribution is -0.144. The fourth-order valence-corrected chi connectivity index (χ4v) is 11.9. The molecular weight excluding hydrogens is 1230 g/mol. The molecule has 0 saturated carbocycles. The van der Waals surface area contributed by atoms with Crippen molar-refractivity contribution in [2.45, 2.75) is 146 Å². The number of nitrogens with one attached hydrogen (secondary N) is 12. The van der Waals surface area contributed by atoms with E-state index in [1.165, 1.54) is 26.0 Å². The Morgan fingerprint density at radius 3 is 2.05 bits per heavy atom. The number of aliphatic hydroxyl groups is 3. The normalized spacial score (nSPS) is 23.7. The van der Waals surface area contributed by atoms with Crippen molar-refractivity contribution in [2.24, 2.45) is 17.8 Å². The van der Waals surface area contributed by atoms with E-state index < -0.39 is 200 Å². The summed E-state index contributed by atoms with van der Waals surface area (Å²) in [7, 11) is 0. The van der Waals surface area contributed by atoms with Crippen LogP contribution in [0.1, 0.15) is 78.4 Å². The topological polar surface area (TPSA) is 454 Å². The van der Waals surface area contributed by atoms with Crippen LogP contribution in [0, 0.1) is 17.8 Å². The molecule has 93 heavy (non-hydrogen) atoms. The molecule has 1 saturated heterocycles. The van der Waals surface area contributed by atoms with Crippen molar-refractivity contribution in [1.82, 2.24) is 68.0 Å². The molecule has 12 atom stereocenters. The molecule has 0 radical (unpaired) electrons. The minimum Gasteiger partial charge on any atom is -0.394 e. The summed E-state index contributed by atoms with van der Waals surface area (Å²) in [5.74, 6) is -14.0. The monoisotopic (exact) mass is 1310 g/mol. The van der Waals surface area contributed by atoms with Crippen LogP contribution >= 0.6 is 11.8 Å². The number of H-pyrrole nitrogens is 1. The molecule has 32 heteroatoms. The van der Waals surface area contributed by atoms with Crippen molar-refractivity contribution >= 4 is 111 Å². The molecule has 31 nitrogen and oxygen atoms in total. The predicted octanol–water partition coefficient (Wildman–Crippen LogP) is -3.91. The molecule has 1 fully saturated rings. The first-order chi connectivity index (χ1) is 44.2. The van der Waals surface area contributed by atoms with Gasteiger partial charge in [0.15, 0.2) is 0 Å². The van der Waals surface area contributed by atoms with Gasteiger partial charge in [-0.3, -0.25) is 72.0 Å². The Bertz CT molecular complexity index is 3380. The van der Waals surface area contributed by atoms with Gasteiger partial charge in [-0.15, -0.1) is 11.8 Å². The lowest BCUT2D eigenvalue weighted by Gasteiger charge is -2.33. The summed E-state index contributed by atoms with van der Waals surface area (Å²) < 4.78 is 0. The summed E-state index contributed by atoms with van der Waals surface area (Å²) >= 11 is 0.989. The quantitative estimate of drug-likeness (QED) is 0.0541. The summed E-state index contributed by atoms with van der Waals surface area (Å²) in [5.41, 5.74) is 1.68. The van der Waals surface area contributed by atoms with Crippen molar-refractivity contribution in [3.63, 3.8) is 0 Å². The van der Waals surface area contributed by atoms with Gasteiger partial charge in [0.2, 0.25) is 70.9 Å². The Balaban J connectivity index is 1.14. The van der Waals surface area contributed by atoms with E-state index in [1.807, 2.05) is 0 Å². The van der Waals surface area contributed by atoms with E-state index >= 15 is 4.79 Å². The summed E-state index contributed by atoms with van der Waals surface area (Å²) in [6.45, 7) is 6.32. The highest BCUT2D eigenvalue weighted by Crippen LogP contribution is 2.32. The number of aromatic nitrogens is 1. The van der Waals surface area contributed by atoms with Crippen LogP contribution in [0.3, 0.4) is 0 Å². The summed E-state index contributed by atoms with van der Waals surface area (Å²) in [6, 6.07) is 1.18. The fourth-order valence-electron chi connectivity index (χ4n) is 10.7. The largest absolute Gasteiger partial charge is 0.394 e. The van der Waals surface area contributed by atoms with E-state index in [0.717, 1.165) is 33.7 Å². The maximum atomic E-state index is 15.0. The van der Waals surface area contributed by atoms with Crippen molar-refractivity contribution in [3.8, 4) is 0 Å². The second-order valence-electron chi connectivity index (χ2n) is 23.7. The Kier molecular flexibility index (Phi) is 24.7. The van der Waals surface area contributed by atoms with Crippen LogP contribution in [0.15, 0.2) is 65.7 Å². The number of hydrogen-bond acceptors (Lipinski definition) is 18. The van der Waals surface area contributed by atoms with Crippen LogP contribution < -0.4 is 58.5 Å². The molecule has 15 N–H and O–H groups in total. The van der Waals surface area contributed by atoms with Gasteiger partial charge < -0.3 is 83.7 Å². The zero-order valence-corrected chi connectivity index (χ0v) is 52.9. The van der Waals surface area contributed by atoms with Gasteiger partial charge in [0.25, 0.3) is 11.8 Å². The van der Waals surface area contributed by atoms with E-state index in [4.69, 9.17) is 0 Å².